The Morgan fingerprint density at radius 2 is 1.29 bits per heavy atom. The summed E-state index contributed by atoms with van der Waals surface area (Å²) in [6.07, 6.45) is 5.40. The molecule has 0 spiro atoms. The highest BCUT2D eigenvalue weighted by Crippen LogP contribution is 1.87. The summed E-state index contributed by atoms with van der Waals surface area (Å²) in [5.41, 5.74) is 0. The summed E-state index contributed by atoms with van der Waals surface area (Å²) in [6, 6.07) is 0. The number of rotatable bonds is 8. The van der Waals surface area contributed by atoms with Crippen molar-refractivity contribution >= 4 is 35.1 Å². The zero-order valence-corrected chi connectivity index (χ0v) is 10.4. The average Bonchev–Trinajstić information content (AvgIpc) is 2.35. The fourth-order valence-corrected chi connectivity index (χ4v) is 0.720. The van der Waals surface area contributed by atoms with Crippen molar-refractivity contribution in [2.75, 3.05) is 25.0 Å². The lowest BCUT2D eigenvalue weighted by Gasteiger charge is -1.96. The van der Waals surface area contributed by atoms with Crippen LogP contribution < -0.4 is 0 Å². The molecule has 0 amide bonds. The molecule has 17 heavy (non-hydrogen) atoms. The topological polar surface area (TPSA) is 61.8 Å². The van der Waals surface area contributed by atoms with E-state index in [0.29, 0.717) is 0 Å². The van der Waals surface area contributed by atoms with Gasteiger partial charge in [0.25, 0.3) is 0 Å². The summed E-state index contributed by atoms with van der Waals surface area (Å²) >= 11 is 10.4. The number of carbonyl (C=O) groups is 2. The fraction of sp³-hybridized carbons (Fsp3) is 0.400. The Morgan fingerprint density at radius 3 is 1.65 bits per heavy atom. The fourth-order valence-electron chi connectivity index (χ4n) is 0.594. The molecule has 96 valence electrons. The summed E-state index contributed by atoms with van der Waals surface area (Å²) in [7, 11) is 0. The highest BCUT2D eigenvalue weighted by molar-refractivity contribution is 6.26. The lowest BCUT2D eigenvalue weighted by Crippen LogP contribution is -2.01. The van der Waals surface area contributed by atoms with Gasteiger partial charge in [0.15, 0.2) is 0 Å². The van der Waals surface area contributed by atoms with E-state index in [1.54, 1.807) is 0 Å². The summed E-state index contributed by atoms with van der Waals surface area (Å²) in [4.78, 5) is 21.1. The SMILES string of the molecule is O=C(CCl)OC=CCOCC=COC(=O)CCl. The number of esters is 2. The van der Waals surface area contributed by atoms with Crippen LogP contribution in [0.3, 0.4) is 0 Å². The molecule has 0 rings (SSSR count). The molecule has 0 fully saturated rings. The van der Waals surface area contributed by atoms with Crippen molar-refractivity contribution in [3.63, 3.8) is 0 Å². The summed E-state index contributed by atoms with van der Waals surface area (Å²) in [6.45, 7) is 0.507. The molecule has 0 saturated heterocycles. The predicted molar refractivity (Wildman–Crippen MR) is 62.7 cm³/mol. The minimum absolute atomic E-state index is 0.195. The number of alkyl halides is 2. The van der Waals surface area contributed by atoms with E-state index in [0.717, 1.165) is 0 Å². The van der Waals surface area contributed by atoms with Crippen molar-refractivity contribution in [2.24, 2.45) is 0 Å². The highest BCUT2D eigenvalue weighted by atomic mass is 35.5. The van der Waals surface area contributed by atoms with Gasteiger partial charge in [-0.15, -0.1) is 23.2 Å². The number of hydrogen-bond acceptors (Lipinski definition) is 5. The average molecular weight is 283 g/mol. The Kier molecular flexibility index (Phi) is 10.7. The molecule has 0 aromatic heterocycles. The van der Waals surface area contributed by atoms with Gasteiger partial charge in [-0.1, -0.05) is 0 Å². The largest absolute Gasteiger partial charge is 0.434 e. The molecule has 0 saturated carbocycles. The Hall–Kier alpha value is -1.04. The number of carbonyl (C=O) groups excluding carboxylic acids is 2. The van der Waals surface area contributed by atoms with Crippen LogP contribution in [-0.4, -0.2) is 36.9 Å². The third-order valence-corrected chi connectivity index (χ3v) is 1.67. The number of hydrogen-bond donors (Lipinski definition) is 0. The van der Waals surface area contributed by atoms with Crippen molar-refractivity contribution in [3.05, 3.63) is 24.7 Å². The Morgan fingerprint density at radius 1 is 0.882 bits per heavy atom. The molecule has 0 atom stereocenters. The molecule has 0 aliphatic carbocycles. The van der Waals surface area contributed by atoms with Crippen LogP contribution in [0.2, 0.25) is 0 Å². The molecule has 0 aliphatic rings. The molecule has 0 N–H and O–H groups in total. The molecular weight excluding hydrogens is 271 g/mol. The first-order valence-corrected chi connectivity index (χ1v) is 5.66. The zero-order valence-electron chi connectivity index (χ0n) is 8.93. The van der Waals surface area contributed by atoms with Gasteiger partial charge in [-0.3, -0.25) is 9.59 Å². The second kappa shape index (κ2) is 11.4. The minimum Gasteiger partial charge on any atom is -0.434 e. The molecule has 0 aromatic carbocycles. The summed E-state index contributed by atoms with van der Waals surface area (Å²) in [5, 5.41) is 0. The van der Waals surface area contributed by atoms with Crippen molar-refractivity contribution in [2.45, 2.75) is 0 Å². The van der Waals surface area contributed by atoms with E-state index in [9.17, 15) is 9.59 Å². The maximum atomic E-state index is 10.6. The second-order valence-electron chi connectivity index (χ2n) is 2.53. The van der Waals surface area contributed by atoms with Gasteiger partial charge < -0.3 is 14.2 Å². The van der Waals surface area contributed by atoms with Gasteiger partial charge in [0.2, 0.25) is 0 Å². The summed E-state index contributed by atoms with van der Waals surface area (Å²) < 4.78 is 14.1. The first kappa shape index (κ1) is 16.0. The Balaban J connectivity index is 3.40. The quantitative estimate of drug-likeness (QED) is 0.293. The predicted octanol–water partition coefficient (Wildman–Crippen LogP) is 1.59. The maximum absolute atomic E-state index is 10.6. The third kappa shape index (κ3) is 11.2. The smallest absolute Gasteiger partial charge is 0.325 e. The molecule has 0 aromatic rings. The van der Waals surface area contributed by atoms with Gasteiger partial charge in [-0.05, 0) is 12.2 Å². The van der Waals surface area contributed by atoms with Gasteiger partial charge in [-0.25, -0.2) is 0 Å². The monoisotopic (exact) mass is 282 g/mol. The molecule has 0 aliphatic heterocycles. The highest BCUT2D eigenvalue weighted by Gasteiger charge is 1.94. The van der Waals surface area contributed by atoms with Gasteiger partial charge in [0.1, 0.15) is 11.8 Å². The number of ether oxygens (including phenoxy) is 3. The van der Waals surface area contributed by atoms with Crippen LogP contribution in [0, 0.1) is 0 Å². The molecule has 0 bridgehead atoms. The Bertz CT molecular complexity index is 260. The van der Waals surface area contributed by atoms with Crippen LogP contribution in [0.5, 0.6) is 0 Å². The molecule has 7 heteroatoms. The molecule has 0 heterocycles. The van der Waals surface area contributed by atoms with E-state index in [1.165, 1.54) is 24.7 Å². The normalized spacial score (nSPS) is 10.9. The van der Waals surface area contributed by atoms with E-state index in [2.05, 4.69) is 9.47 Å². The van der Waals surface area contributed by atoms with Crippen LogP contribution in [0.15, 0.2) is 24.7 Å². The zero-order chi connectivity index (χ0) is 12.9. The lowest BCUT2D eigenvalue weighted by atomic mass is 10.6. The van der Waals surface area contributed by atoms with Crippen LogP contribution in [-0.2, 0) is 23.8 Å². The van der Waals surface area contributed by atoms with E-state index >= 15 is 0 Å². The van der Waals surface area contributed by atoms with Gasteiger partial charge >= 0.3 is 11.9 Å². The van der Waals surface area contributed by atoms with Gasteiger partial charge in [0, 0.05) is 0 Å². The van der Waals surface area contributed by atoms with Crippen molar-refractivity contribution in [3.8, 4) is 0 Å². The number of halogens is 2. The van der Waals surface area contributed by atoms with Crippen molar-refractivity contribution in [1.29, 1.82) is 0 Å². The minimum atomic E-state index is -0.532. The van der Waals surface area contributed by atoms with Gasteiger partial charge in [-0.2, -0.15) is 0 Å². The van der Waals surface area contributed by atoms with E-state index in [-0.39, 0.29) is 25.0 Å². The Labute approximate surface area is 109 Å². The van der Waals surface area contributed by atoms with Gasteiger partial charge in [0.05, 0.1) is 25.7 Å². The first-order chi connectivity index (χ1) is 8.20. The van der Waals surface area contributed by atoms with Crippen molar-refractivity contribution in [1.82, 2.24) is 0 Å². The third-order valence-electron chi connectivity index (χ3n) is 1.24. The van der Waals surface area contributed by atoms with Crippen LogP contribution >= 0.6 is 23.2 Å². The summed E-state index contributed by atoms with van der Waals surface area (Å²) in [5.74, 6) is -1.45. The van der Waals surface area contributed by atoms with Crippen LogP contribution in [0.25, 0.3) is 0 Å². The second-order valence-corrected chi connectivity index (χ2v) is 3.06. The van der Waals surface area contributed by atoms with E-state index < -0.39 is 11.9 Å². The molecular formula is C10H12Cl2O5. The first-order valence-electron chi connectivity index (χ1n) is 4.59. The van der Waals surface area contributed by atoms with Crippen LogP contribution in [0.1, 0.15) is 0 Å². The van der Waals surface area contributed by atoms with E-state index in [1.807, 2.05) is 0 Å². The molecule has 0 unspecified atom stereocenters. The van der Waals surface area contributed by atoms with Crippen LogP contribution in [0.4, 0.5) is 0 Å². The standard InChI is InChI=1S/C10H12Cl2O5/c11-7-9(13)16-5-1-3-15-4-2-6-17-10(14)8-12/h1-2,5-6H,3-4,7-8H2. The maximum Gasteiger partial charge on any atom is 0.325 e. The molecule has 0 radical (unpaired) electrons. The molecule has 5 nitrogen and oxygen atoms in total. The lowest BCUT2D eigenvalue weighted by molar-refractivity contribution is -0.136. The van der Waals surface area contributed by atoms with E-state index in [4.69, 9.17) is 27.9 Å². The van der Waals surface area contributed by atoms with Crippen molar-refractivity contribution < 1.29 is 23.8 Å².